The molecule has 0 saturated carbocycles. The molecule has 8 nitrogen and oxygen atoms in total. The van der Waals surface area contributed by atoms with Crippen LogP contribution in [0.4, 0.5) is 4.79 Å². The molecule has 1 aliphatic heterocycles. The van der Waals surface area contributed by atoms with E-state index in [1.54, 1.807) is 0 Å². The molecular weight excluding hydrogens is 310 g/mol. The first-order chi connectivity index (χ1) is 11.7. The van der Waals surface area contributed by atoms with Gasteiger partial charge in [-0.3, -0.25) is 4.79 Å². The highest BCUT2D eigenvalue weighted by atomic mass is 16.5. The maximum Gasteiger partial charge on any atom is 0.407 e. The third-order valence-corrected chi connectivity index (χ3v) is 3.83. The van der Waals surface area contributed by atoms with Crippen molar-refractivity contribution in [2.24, 2.45) is 5.11 Å². The van der Waals surface area contributed by atoms with Gasteiger partial charge in [0.2, 0.25) is 5.91 Å². The van der Waals surface area contributed by atoms with Crippen LogP contribution in [0.1, 0.15) is 31.2 Å². The van der Waals surface area contributed by atoms with Gasteiger partial charge in [-0.15, -0.1) is 0 Å². The van der Waals surface area contributed by atoms with Crippen LogP contribution in [0.15, 0.2) is 35.4 Å². The fourth-order valence-electron chi connectivity index (χ4n) is 2.48. The topological polar surface area (TPSA) is 116 Å². The van der Waals surface area contributed by atoms with Crippen LogP contribution in [0.5, 0.6) is 0 Å². The highest BCUT2D eigenvalue weighted by Crippen LogP contribution is 2.17. The van der Waals surface area contributed by atoms with E-state index in [9.17, 15) is 9.59 Å². The summed E-state index contributed by atoms with van der Waals surface area (Å²) in [5.41, 5.74) is 9.32. The standard InChI is InChI=1S/C16H21N5O3/c17-21-20-14-13(19-15(14)22)9-5-2-6-10-18-16(23)24-11-12-7-3-1-4-8-12/h1,3-4,7-8,13-14H,2,5-6,9-11H2,(H,18,23)(H,19,22)/t13-,14-/m1/s1. The van der Waals surface area contributed by atoms with E-state index in [2.05, 4.69) is 20.7 Å². The van der Waals surface area contributed by atoms with Gasteiger partial charge in [0.05, 0.1) is 0 Å². The van der Waals surface area contributed by atoms with Crippen LogP contribution in [-0.2, 0) is 16.1 Å². The molecule has 2 atom stereocenters. The monoisotopic (exact) mass is 331 g/mol. The fraction of sp³-hybridized carbons (Fsp3) is 0.500. The Morgan fingerprint density at radius 3 is 2.79 bits per heavy atom. The molecule has 0 spiro atoms. The average molecular weight is 331 g/mol. The lowest BCUT2D eigenvalue weighted by molar-refractivity contribution is -0.130. The molecule has 1 saturated heterocycles. The molecule has 2 amide bonds. The van der Waals surface area contributed by atoms with Crippen LogP contribution in [0, 0.1) is 0 Å². The SMILES string of the molecule is [N-]=[N+]=N[C@H]1C(=O)N[C@@H]1CCCCCNC(=O)OCc1ccccc1. The van der Waals surface area contributed by atoms with Gasteiger partial charge in [0.25, 0.3) is 0 Å². The Hall–Kier alpha value is -2.73. The lowest BCUT2D eigenvalue weighted by Gasteiger charge is -2.33. The van der Waals surface area contributed by atoms with Gasteiger partial charge in [0.15, 0.2) is 0 Å². The van der Waals surface area contributed by atoms with Crippen molar-refractivity contribution < 1.29 is 14.3 Å². The van der Waals surface area contributed by atoms with E-state index in [1.807, 2.05) is 30.3 Å². The second kappa shape index (κ2) is 9.42. The van der Waals surface area contributed by atoms with Crippen molar-refractivity contribution in [1.82, 2.24) is 10.6 Å². The van der Waals surface area contributed by atoms with Crippen molar-refractivity contribution in [1.29, 1.82) is 0 Å². The summed E-state index contributed by atoms with van der Waals surface area (Å²) in [5, 5.41) is 8.90. The summed E-state index contributed by atoms with van der Waals surface area (Å²) in [7, 11) is 0. The lowest BCUT2D eigenvalue weighted by Crippen LogP contribution is -2.61. The number of carbonyl (C=O) groups excluding carboxylic acids is 2. The van der Waals surface area contributed by atoms with Crippen molar-refractivity contribution in [3.05, 3.63) is 46.3 Å². The molecule has 0 radical (unpaired) electrons. The Balaban J connectivity index is 1.48. The fourth-order valence-corrected chi connectivity index (χ4v) is 2.48. The maximum atomic E-state index is 11.5. The highest BCUT2D eigenvalue weighted by molar-refractivity contribution is 5.89. The number of carbonyl (C=O) groups is 2. The van der Waals surface area contributed by atoms with E-state index in [1.165, 1.54) is 0 Å². The van der Waals surface area contributed by atoms with Crippen molar-refractivity contribution in [3.8, 4) is 0 Å². The third-order valence-electron chi connectivity index (χ3n) is 3.83. The molecule has 0 bridgehead atoms. The number of β-lactam (4-membered cyclic amide) rings is 1. The molecule has 0 aliphatic carbocycles. The first-order valence-corrected chi connectivity index (χ1v) is 8.00. The Labute approximate surface area is 140 Å². The second-order valence-electron chi connectivity index (χ2n) is 5.60. The van der Waals surface area contributed by atoms with Crippen LogP contribution < -0.4 is 10.6 Å². The van der Waals surface area contributed by atoms with Crippen LogP contribution in [0.25, 0.3) is 10.4 Å². The van der Waals surface area contributed by atoms with E-state index >= 15 is 0 Å². The Morgan fingerprint density at radius 1 is 1.29 bits per heavy atom. The molecule has 0 aromatic heterocycles. The summed E-state index contributed by atoms with van der Waals surface area (Å²) in [6.07, 6.45) is 2.98. The molecule has 1 fully saturated rings. The number of hydrogen-bond donors (Lipinski definition) is 2. The molecule has 1 aliphatic rings. The summed E-state index contributed by atoms with van der Waals surface area (Å²) >= 11 is 0. The zero-order chi connectivity index (χ0) is 17.2. The van der Waals surface area contributed by atoms with Crippen LogP contribution >= 0.6 is 0 Å². The minimum Gasteiger partial charge on any atom is -0.445 e. The summed E-state index contributed by atoms with van der Waals surface area (Å²) in [5.74, 6) is -0.208. The molecule has 0 unspecified atom stereocenters. The van der Waals surface area contributed by atoms with Crippen molar-refractivity contribution in [3.63, 3.8) is 0 Å². The van der Waals surface area contributed by atoms with E-state index in [0.29, 0.717) is 6.54 Å². The molecule has 2 rings (SSSR count). The number of benzene rings is 1. The summed E-state index contributed by atoms with van der Waals surface area (Å²) < 4.78 is 5.11. The molecule has 128 valence electrons. The zero-order valence-corrected chi connectivity index (χ0v) is 13.4. The number of nitrogens with one attached hydrogen (secondary N) is 2. The van der Waals surface area contributed by atoms with Crippen LogP contribution in [-0.4, -0.2) is 30.6 Å². The summed E-state index contributed by atoms with van der Waals surface area (Å²) in [6, 6.07) is 8.87. The molecule has 24 heavy (non-hydrogen) atoms. The van der Waals surface area contributed by atoms with Crippen molar-refractivity contribution in [2.75, 3.05) is 6.54 Å². The van der Waals surface area contributed by atoms with Gasteiger partial charge in [-0.25, -0.2) is 4.79 Å². The molecule has 2 N–H and O–H groups in total. The van der Waals surface area contributed by atoms with Crippen LogP contribution in [0.2, 0.25) is 0 Å². The van der Waals surface area contributed by atoms with Gasteiger partial charge in [-0.2, -0.15) is 0 Å². The van der Waals surface area contributed by atoms with Gasteiger partial charge >= 0.3 is 6.09 Å². The van der Waals surface area contributed by atoms with E-state index in [0.717, 1.165) is 31.2 Å². The number of hydrogen-bond acceptors (Lipinski definition) is 4. The number of alkyl carbamates (subject to hydrolysis) is 1. The second-order valence-corrected chi connectivity index (χ2v) is 5.60. The molecule has 1 aromatic carbocycles. The van der Waals surface area contributed by atoms with E-state index in [4.69, 9.17) is 10.3 Å². The van der Waals surface area contributed by atoms with Gasteiger partial charge in [0.1, 0.15) is 12.6 Å². The number of azide groups is 1. The predicted octanol–water partition coefficient (Wildman–Crippen LogP) is 2.65. The van der Waals surface area contributed by atoms with Crippen molar-refractivity contribution in [2.45, 2.75) is 44.4 Å². The minimum atomic E-state index is -0.568. The lowest BCUT2D eigenvalue weighted by atomic mass is 9.94. The molecular formula is C16H21N5O3. The number of rotatable bonds is 9. The summed E-state index contributed by atoms with van der Waals surface area (Å²) in [6.45, 7) is 0.805. The molecule has 8 heteroatoms. The highest BCUT2D eigenvalue weighted by Gasteiger charge is 2.37. The van der Waals surface area contributed by atoms with Gasteiger partial charge in [-0.05, 0) is 23.9 Å². The number of nitrogens with zero attached hydrogens (tertiary/aromatic N) is 3. The van der Waals surface area contributed by atoms with E-state index in [-0.39, 0.29) is 18.6 Å². The summed E-state index contributed by atoms with van der Waals surface area (Å²) in [4.78, 5) is 25.4. The largest absolute Gasteiger partial charge is 0.445 e. The first-order valence-electron chi connectivity index (χ1n) is 8.00. The van der Waals surface area contributed by atoms with E-state index < -0.39 is 12.1 Å². The number of ether oxygens (including phenoxy) is 1. The average Bonchev–Trinajstić information content (AvgIpc) is 2.60. The Morgan fingerprint density at radius 2 is 2.08 bits per heavy atom. The third kappa shape index (κ3) is 5.48. The smallest absolute Gasteiger partial charge is 0.407 e. The molecule has 1 heterocycles. The van der Waals surface area contributed by atoms with Crippen LogP contribution in [0.3, 0.4) is 0 Å². The quantitative estimate of drug-likeness (QED) is 0.238. The van der Waals surface area contributed by atoms with Gasteiger partial charge in [0, 0.05) is 17.5 Å². The minimum absolute atomic E-state index is 0.0582. The predicted molar refractivity (Wildman–Crippen MR) is 88.0 cm³/mol. The number of amides is 2. The number of unbranched alkanes of at least 4 members (excludes halogenated alkanes) is 2. The Kier molecular flexibility index (Phi) is 6.91. The van der Waals surface area contributed by atoms with Gasteiger partial charge < -0.3 is 15.4 Å². The Bertz CT molecular complexity index is 599. The zero-order valence-electron chi connectivity index (χ0n) is 13.4. The maximum absolute atomic E-state index is 11.5. The molecule has 1 aromatic rings. The van der Waals surface area contributed by atoms with Gasteiger partial charge in [-0.1, -0.05) is 48.3 Å². The normalized spacial score (nSPS) is 18.8. The van der Waals surface area contributed by atoms with Crippen molar-refractivity contribution >= 4 is 12.0 Å². The first kappa shape index (κ1) is 17.6.